The molecule has 1 amide bonds. The highest BCUT2D eigenvalue weighted by molar-refractivity contribution is 8.27. The highest BCUT2D eigenvalue weighted by atomic mass is 32.2. The zero-order valence-corrected chi connectivity index (χ0v) is 14.0. The number of aryl methyl sites for hydroxylation is 2. The lowest BCUT2D eigenvalue weighted by atomic mass is 10.1. The van der Waals surface area contributed by atoms with Crippen molar-refractivity contribution in [2.75, 3.05) is 4.90 Å². The van der Waals surface area contributed by atoms with Gasteiger partial charge in [0.05, 0.1) is 10.6 Å². The van der Waals surface area contributed by atoms with Crippen molar-refractivity contribution in [2.24, 2.45) is 0 Å². The zero-order valence-electron chi connectivity index (χ0n) is 12.3. The summed E-state index contributed by atoms with van der Waals surface area (Å²) in [5.41, 5.74) is 2.04. The number of nitrogens with zero attached hydrogens (tertiary/aromatic N) is 1. The molecule has 3 nitrogen and oxygen atoms in total. The van der Waals surface area contributed by atoms with Gasteiger partial charge >= 0.3 is 0 Å². The van der Waals surface area contributed by atoms with E-state index in [9.17, 15) is 4.79 Å². The van der Waals surface area contributed by atoms with Gasteiger partial charge < -0.3 is 4.42 Å². The summed E-state index contributed by atoms with van der Waals surface area (Å²) in [6.07, 6.45) is 2.71. The monoisotopic (exact) mass is 329 g/mol. The third-order valence-corrected chi connectivity index (χ3v) is 4.73. The summed E-state index contributed by atoms with van der Waals surface area (Å²) in [5, 5.41) is 0. The van der Waals surface area contributed by atoms with Gasteiger partial charge in [-0.1, -0.05) is 43.0 Å². The second-order valence-corrected chi connectivity index (χ2v) is 6.66. The molecule has 1 aromatic heterocycles. The van der Waals surface area contributed by atoms with Crippen LogP contribution in [0.2, 0.25) is 0 Å². The minimum atomic E-state index is -0.103. The average Bonchev–Trinajstić information content (AvgIpc) is 3.03. The van der Waals surface area contributed by atoms with Crippen LogP contribution in [-0.2, 0) is 11.2 Å². The molecule has 0 spiro atoms. The summed E-state index contributed by atoms with van der Waals surface area (Å²) >= 11 is 6.66. The highest BCUT2D eigenvalue weighted by Gasteiger charge is 2.33. The number of anilines is 1. The van der Waals surface area contributed by atoms with E-state index in [1.807, 2.05) is 43.3 Å². The Balaban J connectivity index is 1.89. The van der Waals surface area contributed by atoms with E-state index < -0.39 is 0 Å². The molecule has 0 saturated carbocycles. The van der Waals surface area contributed by atoms with Gasteiger partial charge in [-0.2, -0.15) is 0 Å². The molecular formula is C17H15NO2S2. The predicted molar refractivity (Wildman–Crippen MR) is 94.9 cm³/mol. The van der Waals surface area contributed by atoms with Crippen molar-refractivity contribution in [3.05, 3.63) is 58.4 Å². The Bertz CT molecular complexity index is 759. The molecule has 2 heterocycles. The highest BCUT2D eigenvalue weighted by Crippen LogP contribution is 2.36. The van der Waals surface area contributed by atoms with Gasteiger partial charge in [0, 0.05) is 6.08 Å². The van der Waals surface area contributed by atoms with Crippen molar-refractivity contribution in [1.29, 1.82) is 0 Å². The number of furan rings is 1. The van der Waals surface area contributed by atoms with E-state index in [0.717, 1.165) is 17.9 Å². The second-order valence-electron chi connectivity index (χ2n) is 4.99. The Morgan fingerprint density at radius 2 is 1.95 bits per heavy atom. The maximum absolute atomic E-state index is 12.6. The maximum Gasteiger partial charge on any atom is 0.270 e. The van der Waals surface area contributed by atoms with E-state index in [1.165, 1.54) is 17.3 Å². The van der Waals surface area contributed by atoms with Crippen molar-refractivity contribution in [1.82, 2.24) is 0 Å². The van der Waals surface area contributed by atoms with E-state index in [4.69, 9.17) is 16.6 Å². The molecule has 0 atom stereocenters. The Labute approximate surface area is 139 Å². The topological polar surface area (TPSA) is 33.5 Å². The second kappa shape index (κ2) is 6.10. The van der Waals surface area contributed by atoms with Gasteiger partial charge in [0.1, 0.15) is 11.5 Å². The molecule has 0 unspecified atom stereocenters. The fraction of sp³-hybridized carbons (Fsp3) is 0.176. The molecule has 0 bridgehead atoms. The lowest BCUT2D eigenvalue weighted by molar-refractivity contribution is -0.113. The van der Waals surface area contributed by atoms with E-state index in [2.05, 4.69) is 6.92 Å². The van der Waals surface area contributed by atoms with Crippen molar-refractivity contribution < 1.29 is 9.21 Å². The van der Waals surface area contributed by atoms with Gasteiger partial charge in [-0.25, -0.2) is 0 Å². The third kappa shape index (κ3) is 2.87. The lowest BCUT2D eigenvalue weighted by Gasteiger charge is -2.14. The molecule has 5 heteroatoms. The van der Waals surface area contributed by atoms with Crippen LogP contribution in [-0.4, -0.2) is 10.2 Å². The van der Waals surface area contributed by atoms with Crippen LogP contribution in [0.25, 0.3) is 6.08 Å². The summed E-state index contributed by atoms with van der Waals surface area (Å²) in [4.78, 5) is 14.7. The molecular weight excluding hydrogens is 314 g/mol. The maximum atomic E-state index is 12.6. The average molecular weight is 329 g/mol. The summed E-state index contributed by atoms with van der Waals surface area (Å²) < 4.78 is 6.04. The third-order valence-electron chi connectivity index (χ3n) is 3.43. The summed E-state index contributed by atoms with van der Waals surface area (Å²) in [6.45, 7) is 3.97. The molecule has 22 heavy (non-hydrogen) atoms. The van der Waals surface area contributed by atoms with E-state index >= 15 is 0 Å². The summed E-state index contributed by atoms with van der Waals surface area (Å²) in [6, 6.07) is 11.6. The van der Waals surface area contributed by atoms with E-state index in [1.54, 1.807) is 11.0 Å². The molecule has 0 radical (unpaired) electrons. The van der Waals surface area contributed by atoms with Crippen LogP contribution >= 0.6 is 24.0 Å². The number of benzene rings is 1. The van der Waals surface area contributed by atoms with Crippen LogP contribution in [0, 0.1) is 6.92 Å². The van der Waals surface area contributed by atoms with Crippen LogP contribution in [0.5, 0.6) is 0 Å². The molecule has 0 aliphatic carbocycles. The van der Waals surface area contributed by atoms with E-state index in [-0.39, 0.29) is 5.91 Å². The quantitative estimate of drug-likeness (QED) is 0.611. The van der Waals surface area contributed by atoms with Crippen molar-refractivity contribution in [3.8, 4) is 0 Å². The largest absolute Gasteiger partial charge is 0.462 e. The lowest BCUT2D eigenvalue weighted by Crippen LogP contribution is -2.27. The predicted octanol–water partition coefficient (Wildman–Crippen LogP) is 4.56. The number of carbonyl (C=O) groups is 1. The number of carbonyl (C=O) groups excluding carboxylic acids is 1. The Morgan fingerprint density at radius 1 is 1.23 bits per heavy atom. The number of thiocarbonyl (C=S) groups is 1. The number of thioether (sulfide) groups is 1. The number of hydrogen-bond acceptors (Lipinski definition) is 4. The van der Waals surface area contributed by atoms with Gasteiger partial charge in [0.15, 0.2) is 4.32 Å². The van der Waals surface area contributed by atoms with Gasteiger partial charge in [-0.3, -0.25) is 9.69 Å². The fourth-order valence-corrected chi connectivity index (χ4v) is 3.51. The molecule has 112 valence electrons. The smallest absolute Gasteiger partial charge is 0.270 e. The van der Waals surface area contributed by atoms with Crippen molar-refractivity contribution >= 4 is 46.0 Å². The molecule has 1 fully saturated rings. The molecule has 1 saturated heterocycles. The molecule has 1 aliphatic heterocycles. The summed E-state index contributed by atoms with van der Waals surface area (Å²) in [7, 11) is 0. The number of hydrogen-bond donors (Lipinski definition) is 0. The molecule has 0 N–H and O–H groups in total. The first-order valence-corrected chi connectivity index (χ1v) is 8.24. The van der Waals surface area contributed by atoms with Crippen LogP contribution in [0.3, 0.4) is 0 Å². The van der Waals surface area contributed by atoms with Gasteiger partial charge in [0.25, 0.3) is 5.91 Å². The standard InChI is InChI=1S/C17H15NO2S2/c1-3-12-5-7-13(8-6-12)18-16(19)15(22-17(18)21)10-14-9-4-11(2)20-14/h4-10H,3H2,1-2H3/b15-10-. The van der Waals surface area contributed by atoms with Crippen LogP contribution < -0.4 is 4.90 Å². The van der Waals surface area contributed by atoms with Gasteiger partial charge in [0.2, 0.25) is 0 Å². The zero-order chi connectivity index (χ0) is 15.7. The van der Waals surface area contributed by atoms with Crippen molar-refractivity contribution in [3.63, 3.8) is 0 Å². The first kappa shape index (κ1) is 15.1. The normalized spacial score (nSPS) is 16.8. The van der Waals surface area contributed by atoms with Gasteiger partial charge in [-0.05, 0) is 43.2 Å². The molecule has 1 aromatic carbocycles. The number of amides is 1. The minimum absolute atomic E-state index is 0.103. The van der Waals surface area contributed by atoms with Crippen LogP contribution in [0.1, 0.15) is 24.0 Å². The van der Waals surface area contributed by atoms with Crippen molar-refractivity contribution in [2.45, 2.75) is 20.3 Å². The molecule has 1 aliphatic rings. The van der Waals surface area contributed by atoms with Crippen LogP contribution in [0.4, 0.5) is 5.69 Å². The Morgan fingerprint density at radius 3 is 2.55 bits per heavy atom. The Kier molecular flexibility index (Phi) is 4.18. The van der Waals surface area contributed by atoms with Gasteiger partial charge in [-0.15, -0.1) is 0 Å². The Hall–Kier alpha value is -1.85. The molecule has 2 aromatic rings. The number of rotatable bonds is 3. The minimum Gasteiger partial charge on any atom is -0.462 e. The SMILES string of the molecule is CCc1ccc(N2C(=O)/C(=C/c3ccc(C)o3)SC2=S)cc1. The van der Waals surface area contributed by atoms with E-state index in [0.29, 0.717) is 15.0 Å². The molecule has 3 rings (SSSR count). The first-order chi connectivity index (χ1) is 10.6. The summed E-state index contributed by atoms with van der Waals surface area (Å²) in [5.74, 6) is 1.38. The fourth-order valence-electron chi connectivity index (χ4n) is 2.23. The van der Waals surface area contributed by atoms with Crippen LogP contribution in [0.15, 0.2) is 45.7 Å². The first-order valence-electron chi connectivity index (χ1n) is 7.02.